The van der Waals surface area contributed by atoms with Gasteiger partial charge in [0.25, 0.3) is 0 Å². The first-order valence-corrected chi connectivity index (χ1v) is 18.3. The molecule has 0 fully saturated rings. The zero-order valence-corrected chi connectivity index (χ0v) is 25.0. The predicted octanol–water partition coefficient (Wildman–Crippen LogP) is 9.52. The van der Waals surface area contributed by atoms with E-state index in [9.17, 15) is 26.3 Å². The van der Waals surface area contributed by atoms with Gasteiger partial charge in [0.05, 0.1) is 0 Å². The SMILES string of the molecule is CCCCCCCC[O][Sn]([O]CCCCCCCC)([C](F)(F)C(F)(F)C(C)F)[C](F)(F)C(F)(F)C(C)F. The average molecular weight is 671 g/mol. The van der Waals surface area contributed by atoms with Gasteiger partial charge in [0, 0.05) is 0 Å². The van der Waals surface area contributed by atoms with Gasteiger partial charge in [-0.15, -0.1) is 0 Å². The first-order chi connectivity index (χ1) is 17.0. The van der Waals surface area contributed by atoms with E-state index in [1.165, 1.54) is 0 Å². The van der Waals surface area contributed by atoms with Crippen molar-refractivity contribution in [2.24, 2.45) is 0 Å². The molecule has 2 nitrogen and oxygen atoms in total. The number of unbranched alkanes of at least 4 members (excludes halogenated alkanes) is 10. The van der Waals surface area contributed by atoms with Gasteiger partial charge >= 0.3 is 219 Å². The van der Waals surface area contributed by atoms with Crippen molar-refractivity contribution < 1.29 is 50.1 Å². The van der Waals surface area contributed by atoms with Crippen LogP contribution in [0.2, 0.25) is 0 Å². The Bertz CT molecular complexity index is 566. The molecule has 0 aliphatic heterocycles. The molecule has 0 aromatic rings. The first kappa shape index (κ1) is 37.0. The molecule has 0 aromatic heterocycles. The van der Waals surface area contributed by atoms with Gasteiger partial charge in [0.2, 0.25) is 0 Å². The first-order valence-electron chi connectivity index (χ1n) is 13.1. The predicted molar refractivity (Wildman–Crippen MR) is 125 cm³/mol. The van der Waals surface area contributed by atoms with E-state index in [4.69, 9.17) is 0 Å². The quantitative estimate of drug-likeness (QED) is 0.0649. The van der Waals surface area contributed by atoms with Crippen LogP contribution in [0.25, 0.3) is 0 Å². The molecule has 0 saturated carbocycles. The van der Waals surface area contributed by atoms with Crippen LogP contribution in [0.3, 0.4) is 0 Å². The molecule has 0 rings (SSSR count). The van der Waals surface area contributed by atoms with Gasteiger partial charge < -0.3 is 0 Å². The number of hydrogen-bond acceptors (Lipinski definition) is 2. The third-order valence-corrected chi connectivity index (χ3v) is 16.4. The molecule has 224 valence electrons. The molecule has 13 heteroatoms. The Balaban J connectivity index is 6.33. The van der Waals surface area contributed by atoms with Gasteiger partial charge in [-0.2, -0.15) is 0 Å². The summed E-state index contributed by atoms with van der Waals surface area (Å²) < 4.78 is 144. The van der Waals surface area contributed by atoms with Gasteiger partial charge in [0.15, 0.2) is 0 Å². The van der Waals surface area contributed by atoms with Gasteiger partial charge in [0.1, 0.15) is 0 Å². The number of halogens is 10. The van der Waals surface area contributed by atoms with Crippen LogP contribution in [0.1, 0.15) is 105 Å². The molecule has 0 aromatic carbocycles. The maximum atomic E-state index is 15.3. The van der Waals surface area contributed by atoms with E-state index in [1.807, 2.05) is 13.8 Å². The Hall–Kier alpha value is 0.0187. The van der Waals surface area contributed by atoms with Crippen LogP contribution in [0, 0.1) is 0 Å². The number of hydrogen-bond donors (Lipinski definition) is 0. The molecule has 0 aliphatic carbocycles. The average Bonchev–Trinajstić information content (AvgIpc) is 2.80. The van der Waals surface area contributed by atoms with Gasteiger partial charge in [-0.25, -0.2) is 0 Å². The van der Waals surface area contributed by atoms with E-state index < -0.39 is 64.5 Å². The molecule has 0 radical (unpaired) electrons. The molecule has 37 heavy (non-hydrogen) atoms. The Labute approximate surface area is 219 Å². The van der Waals surface area contributed by atoms with Crippen molar-refractivity contribution >= 4 is 19.2 Å². The van der Waals surface area contributed by atoms with Crippen LogP contribution in [0.15, 0.2) is 0 Å². The minimum absolute atomic E-state index is 0.0000640. The zero-order chi connectivity index (χ0) is 29.0. The maximum absolute atomic E-state index is 15.3. The van der Waals surface area contributed by atoms with Crippen molar-refractivity contribution in [3.63, 3.8) is 0 Å². The summed E-state index contributed by atoms with van der Waals surface area (Å²) in [4.78, 5) is 0. The van der Waals surface area contributed by atoms with E-state index in [2.05, 4.69) is 6.15 Å². The summed E-state index contributed by atoms with van der Waals surface area (Å²) in [5.41, 5.74) is 0. The Morgan fingerprint density at radius 3 is 1.05 bits per heavy atom. The summed E-state index contributed by atoms with van der Waals surface area (Å²) in [7, 11) is 0. The van der Waals surface area contributed by atoms with E-state index in [1.54, 1.807) is 0 Å². The van der Waals surface area contributed by atoms with Crippen LogP contribution in [-0.4, -0.2) is 64.5 Å². The fraction of sp³-hybridized carbons (Fsp3) is 1.00. The number of rotatable bonds is 22. The van der Waals surface area contributed by atoms with Crippen molar-refractivity contribution in [1.29, 1.82) is 0 Å². The van der Waals surface area contributed by atoms with Crippen molar-refractivity contribution in [1.82, 2.24) is 0 Å². The molecular weight excluding hydrogens is 629 g/mol. The Morgan fingerprint density at radius 2 is 0.784 bits per heavy atom. The summed E-state index contributed by atoms with van der Waals surface area (Å²) in [6, 6.07) is 0. The van der Waals surface area contributed by atoms with E-state index in [-0.39, 0.29) is 39.5 Å². The second-order valence-corrected chi connectivity index (χ2v) is 18.2. The topological polar surface area (TPSA) is 18.5 Å². The third kappa shape index (κ3) is 9.01. The van der Waals surface area contributed by atoms with Crippen LogP contribution in [0.5, 0.6) is 0 Å². The van der Waals surface area contributed by atoms with Crippen molar-refractivity contribution in [3.05, 3.63) is 0 Å². The van der Waals surface area contributed by atoms with Gasteiger partial charge in [-0.1, -0.05) is 0 Å². The fourth-order valence-corrected chi connectivity index (χ4v) is 13.3. The van der Waals surface area contributed by atoms with Crippen LogP contribution < -0.4 is 0 Å². The standard InChI is InChI=1S/2C8H17O.2C4H4F5.Sn/c2*1-2-3-4-5-6-7-8-9;2*1-2(5)4(8,9)3(6)7;/h2*2-8H2,1H3;2*2H,1H3;/q2*-1;;;+2. The molecule has 0 amide bonds. The monoisotopic (exact) mass is 672 g/mol. The molecule has 0 heterocycles. The van der Waals surface area contributed by atoms with E-state index >= 15 is 17.6 Å². The Morgan fingerprint density at radius 1 is 0.514 bits per heavy atom. The summed E-state index contributed by atoms with van der Waals surface area (Å²) in [5.74, 6) is -11.6. The molecule has 0 saturated heterocycles. The third-order valence-electron chi connectivity index (χ3n) is 6.27. The molecule has 0 aliphatic rings. The Kier molecular flexibility index (Phi) is 16.3. The molecule has 0 N–H and O–H groups in total. The molecule has 0 bridgehead atoms. The van der Waals surface area contributed by atoms with E-state index in [0.29, 0.717) is 12.8 Å². The normalized spacial score (nSPS) is 15.7. The number of alkyl halides is 10. The molecule has 0 spiro atoms. The van der Waals surface area contributed by atoms with Crippen LogP contribution in [0.4, 0.5) is 43.9 Å². The summed E-state index contributed by atoms with van der Waals surface area (Å²) in [6.45, 7) is 1.85. The van der Waals surface area contributed by atoms with E-state index in [0.717, 1.165) is 38.5 Å². The molecule has 2 unspecified atom stereocenters. The van der Waals surface area contributed by atoms with Crippen LogP contribution >= 0.6 is 0 Å². The molecular formula is C24H42F10O2Sn. The van der Waals surface area contributed by atoms with Crippen molar-refractivity contribution in [3.8, 4) is 0 Å². The fourth-order valence-electron chi connectivity index (χ4n) is 3.74. The minimum atomic E-state index is -8.53. The zero-order valence-electron chi connectivity index (χ0n) is 22.2. The second kappa shape index (κ2) is 16.3. The van der Waals surface area contributed by atoms with Crippen molar-refractivity contribution in [2.75, 3.05) is 13.2 Å². The van der Waals surface area contributed by atoms with Gasteiger partial charge in [-0.05, 0) is 0 Å². The van der Waals surface area contributed by atoms with Gasteiger partial charge in [-0.3, -0.25) is 0 Å². The van der Waals surface area contributed by atoms with Crippen molar-refractivity contribution in [2.45, 2.75) is 137 Å². The van der Waals surface area contributed by atoms with Crippen LogP contribution in [-0.2, 0) is 6.15 Å². The molecule has 2 atom stereocenters. The summed E-state index contributed by atoms with van der Waals surface area (Å²) >= 11 is -8.53. The second-order valence-electron chi connectivity index (χ2n) is 9.48. The summed E-state index contributed by atoms with van der Waals surface area (Å²) in [6.07, 6.45) is -1.27. The summed E-state index contributed by atoms with van der Waals surface area (Å²) in [5, 5.41) is 0.